The lowest BCUT2D eigenvalue weighted by atomic mass is 10.1. The Bertz CT molecular complexity index is 190. The number of thioether (sulfide) groups is 1. The van der Waals surface area contributed by atoms with Gasteiger partial charge in [-0.3, -0.25) is 4.79 Å². The predicted octanol–water partition coefficient (Wildman–Crippen LogP) is 2.10. The van der Waals surface area contributed by atoms with Crippen molar-refractivity contribution in [1.29, 1.82) is 0 Å². The quantitative estimate of drug-likeness (QED) is 0.680. The highest BCUT2D eigenvalue weighted by Crippen LogP contribution is 2.19. The van der Waals surface area contributed by atoms with Crippen LogP contribution in [0.3, 0.4) is 0 Å². The molecule has 88 valence electrons. The summed E-state index contributed by atoms with van der Waals surface area (Å²) in [5.74, 6) is 1.70. The van der Waals surface area contributed by atoms with Crippen LogP contribution in [0, 0.1) is 5.92 Å². The average molecular weight is 232 g/mol. The van der Waals surface area contributed by atoms with E-state index < -0.39 is 0 Å². The van der Waals surface area contributed by atoms with Gasteiger partial charge in [0.15, 0.2) is 0 Å². The normalized spacial score (nSPS) is 23.5. The highest BCUT2D eigenvalue weighted by molar-refractivity contribution is 7.99. The minimum atomic E-state index is -0.118. The van der Waals surface area contributed by atoms with Crippen LogP contribution < -0.4 is 0 Å². The van der Waals surface area contributed by atoms with Gasteiger partial charge in [-0.2, -0.15) is 11.8 Å². The fraction of sp³-hybridized carbons (Fsp3) is 0.909. The molecule has 1 aliphatic heterocycles. The van der Waals surface area contributed by atoms with E-state index in [0.717, 1.165) is 18.1 Å². The maximum absolute atomic E-state index is 11.1. The number of carbonyl (C=O) groups excluding carboxylic acids is 1. The van der Waals surface area contributed by atoms with Crippen molar-refractivity contribution in [2.75, 3.05) is 25.2 Å². The van der Waals surface area contributed by atoms with E-state index >= 15 is 0 Å². The molecule has 0 aromatic rings. The third-order valence-electron chi connectivity index (χ3n) is 2.55. The summed E-state index contributed by atoms with van der Waals surface area (Å²) in [5.41, 5.74) is 0. The van der Waals surface area contributed by atoms with Gasteiger partial charge in [0.05, 0.1) is 19.1 Å². The van der Waals surface area contributed by atoms with Gasteiger partial charge >= 0.3 is 5.97 Å². The molecule has 0 N–H and O–H groups in total. The Morgan fingerprint density at radius 3 is 3.00 bits per heavy atom. The lowest BCUT2D eigenvalue weighted by Crippen LogP contribution is -2.22. The van der Waals surface area contributed by atoms with Crippen molar-refractivity contribution in [1.82, 2.24) is 0 Å². The molecule has 1 saturated heterocycles. The lowest BCUT2D eigenvalue weighted by molar-refractivity contribution is -0.144. The molecule has 0 spiro atoms. The zero-order valence-electron chi connectivity index (χ0n) is 9.53. The second kappa shape index (κ2) is 7.12. The molecule has 15 heavy (non-hydrogen) atoms. The van der Waals surface area contributed by atoms with Crippen LogP contribution in [0.1, 0.15) is 26.2 Å². The Morgan fingerprint density at radius 2 is 2.40 bits per heavy atom. The van der Waals surface area contributed by atoms with Crippen LogP contribution in [0.4, 0.5) is 0 Å². The van der Waals surface area contributed by atoms with E-state index in [1.165, 1.54) is 26.4 Å². The van der Waals surface area contributed by atoms with Gasteiger partial charge in [0.2, 0.25) is 0 Å². The molecule has 1 heterocycles. The maximum atomic E-state index is 11.1. The second-order valence-corrected chi connectivity index (χ2v) is 5.03. The summed E-state index contributed by atoms with van der Waals surface area (Å²) in [4.78, 5) is 11.1. The van der Waals surface area contributed by atoms with Crippen LogP contribution in [0.2, 0.25) is 0 Å². The molecule has 1 aliphatic rings. The number of hydrogen-bond donors (Lipinski definition) is 0. The third-order valence-corrected chi connectivity index (χ3v) is 3.89. The number of methoxy groups -OCH3 is 1. The summed E-state index contributed by atoms with van der Waals surface area (Å²) >= 11 is 1.79. The van der Waals surface area contributed by atoms with Crippen LogP contribution >= 0.6 is 11.8 Å². The summed E-state index contributed by atoms with van der Waals surface area (Å²) < 4.78 is 10.3. The average Bonchev–Trinajstić information content (AvgIpc) is 2.29. The molecular formula is C11H20O3S. The number of esters is 1. The van der Waals surface area contributed by atoms with Crippen molar-refractivity contribution in [3.63, 3.8) is 0 Å². The van der Waals surface area contributed by atoms with Crippen molar-refractivity contribution < 1.29 is 14.3 Å². The summed E-state index contributed by atoms with van der Waals surface area (Å²) in [6, 6.07) is 0. The van der Waals surface area contributed by atoms with E-state index in [1.54, 1.807) is 11.8 Å². The highest BCUT2D eigenvalue weighted by atomic mass is 32.2. The molecule has 4 heteroatoms. The molecule has 0 saturated carbocycles. The first kappa shape index (κ1) is 12.8. The van der Waals surface area contributed by atoms with Gasteiger partial charge in [-0.05, 0) is 19.3 Å². The first-order valence-electron chi connectivity index (χ1n) is 5.51. The monoisotopic (exact) mass is 232 g/mol. The largest absolute Gasteiger partial charge is 0.469 e. The lowest BCUT2D eigenvalue weighted by Gasteiger charge is -2.22. The molecule has 1 rings (SSSR count). The van der Waals surface area contributed by atoms with Gasteiger partial charge < -0.3 is 9.47 Å². The summed E-state index contributed by atoms with van der Waals surface area (Å²) in [7, 11) is 1.44. The van der Waals surface area contributed by atoms with Gasteiger partial charge in [0, 0.05) is 18.1 Å². The molecule has 2 unspecified atom stereocenters. The molecule has 0 aromatic heterocycles. The third kappa shape index (κ3) is 4.89. The van der Waals surface area contributed by atoms with Gasteiger partial charge in [-0.25, -0.2) is 0 Å². The van der Waals surface area contributed by atoms with Crippen molar-refractivity contribution in [3.05, 3.63) is 0 Å². The molecule has 0 radical (unpaired) electrons. The Hall–Kier alpha value is -0.220. The zero-order chi connectivity index (χ0) is 11.1. The van der Waals surface area contributed by atoms with E-state index in [0.29, 0.717) is 6.10 Å². The summed E-state index contributed by atoms with van der Waals surface area (Å²) in [6.45, 7) is 2.80. The molecule has 3 nitrogen and oxygen atoms in total. The van der Waals surface area contributed by atoms with Gasteiger partial charge in [0.25, 0.3) is 0 Å². The van der Waals surface area contributed by atoms with Crippen molar-refractivity contribution in [2.24, 2.45) is 5.92 Å². The highest BCUT2D eigenvalue weighted by Gasteiger charge is 2.16. The minimum Gasteiger partial charge on any atom is -0.469 e. The zero-order valence-corrected chi connectivity index (χ0v) is 10.3. The van der Waals surface area contributed by atoms with Crippen LogP contribution in [0.5, 0.6) is 0 Å². The van der Waals surface area contributed by atoms with Crippen LogP contribution in [0.25, 0.3) is 0 Å². The fourth-order valence-corrected chi connectivity index (χ4v) is 2.74. The summed E-state index contributed by atoms with van der Waals surface area (Å²) in [6.07, 6.45) is 4.03. The SMILES string of the molecule is COC(=O)C(C)CSCC1CCCCO1. The summed E-state index contributed by atoms with van der Waals surface area (Å²) in [5, 5.41) is 0. The second-order valence-electron chi connectivity index (χ2n) is 3.95. The number of rotatable bonds is 5. The van der Waals surface area contributed by atoms with Gasteiger partial charge in [-0.1, -0.05) is 6.92 Å². The van der Waals surface area contributed by atoms with E-state index in [9.17, 15) is 4.79 Å². The van der Waals surface area contributed by atoms with Gasteiger partial charge in [-0.15, -0.1) is 0 Å². The molecule has 0 amide bonds. The van der Waals surface area contributed by atoms with E-state index in [2.05, 4.69) is 4.74 Å². The Balaban J connectivity index is 2.07. The first-order valence-corrected chi connectivity index (χ1v) is 6.66. The number of ether oxygens (including phenoxy) is 2. The van der Waals surface area contributed by atoms with Crippen LogP contribution in [0.15, 0.2) is 0 Å². The Morgan fingerprint density at radius 1 is 1.60 bits per heavy atom. The topological polar surface area (TPSA) is 35.5 Å². The van der Waals surface area contributed by atoms with Gasteiger partial charge in [0.1, 0.15) is 0 Å². The smallest absolute Gasteiger partial charge is 0.309 e. The molecule has 0 bridgehead atoms. The molecule has 1 fully saturated rings. The minimum absolute atomic E-state index is 0.0106. The molecular weight excluding hydrogens is 212 g/mol. The molecule has 0 aliphatic carbocycles. The predicted molar refractivity (Wildman–Crippen MR) is 62.1 cm³/mol. The Labute approximate surface area is 95.9 Å². The van der Waals surface area contributed by atoms with Crippen molar-refractivity contribution in [2.45, 2.75) is 32.3 Å². The Kier molecular flexibility index (Phi) is 6.10. The molecule has 0 aromatic carbocycles. The van der Waals surface area contributed by atoms with E-state index in [-0.39, 0.29) is 11.9 Å². The van der Waals surface area contributed by atoms with Crippen LogP contribution in [-0.2, 0) is 14.3 Å². The van der Waals surface area contributed by atoms with E-state index in [1.807, 2.05) is 6.92 Å². The molecule has 2 atom stereocenters. The standard InChI is InChI=1S/C11H20O3S/c1-9(11(12)13-2)7-15-8-10-5-3-4-6-14-10/h9-10H,3-8H2,1-2H3. The van der Waals surface area contributed by atoms with Crippen LogP contribution in [-0.4, -0.2) is 37.3 Å². The number of hydrogen-bond acceptors (Lipinski definition) is 4. The maximum Gasteiger partial charge on any atom is 0.309 e. The number of carbonyl (C=O) groups is 1. The van der Waals surface area contributed by atoms with E-state index in [4.69, 9.17) is 4.74 Å². The fourth-order valence-electron chi connectivity index (χ4n) is 1.58. The van der Waals surface area contributed by atoms with Crippen molar-refractivity contribution in [3.8, 4) is 0 Å². The first-order chi connectivity index (χ1) is 7.24. The van der Waals surface area contributed by atoms with Crippen molar-refractivity contribution >= 4 is 17.7 Å².